The van der Waals surface area contributed by atoms with Crippen molar-refractivity contribution in [2.75, 3.05) is 23.8 Å². The number of hydrogen-bond acceptors (Lipinski definition) is 4. The molecule has 0 aliphatic carbocycles. The fourth-order valence-corrected chi connectivity index (χ4v) is 2.38. The van der Waals surface area contributed by atoms with E-state index in [2.05, 4.69) is 27.1 Å². The molecule has 5 heteroatoms. The van der Waals surface area contributed by atoms with Gasteiger partial charge in [-0.05, 0) is 25.7 Å². The summed E-state index contributed by atoms with van der Waals surface area (Å²) in [6.45, 7) is 3.02. The van der Waals surface area contributed by atoms with E-state index in [9.17, 15) is 4.39 Å². The van der Waals surface area contributed by atoms with Gasteiger partial charge in [0, 0.05) is 19.6 Å². The van der Waals surface area contributed by atoms with Crippen molar-refractivity contribution < 1.29 is 4.39 Å². The van der Waals surface area contributed by atoms with Crippen LogP contribution in [0.2, 0.25) is 0 Å². The van der Waals surface area contributed by atoms with Gasteiger partial charge in [-0.15, -0.1) is 0 Å². The Balaban J connectivity index is 2.30. The summed E-state index contributed by atoms with van der Waals surface area (Å²) in [6, 6.07) is 0.401. The molecule has 0 amide bonds. The first-order chi connectivity index (χ1) is 8.26. The van der Waals surface area contributed by atoms with Gasteiger partial charge in [0.25, 0.3) is 0 Å². The van der Waals surface area contributed by atoms with Crippen LogP contribution in [0.4, 0.5) is 16.2 Å². The Labute approximate surface area is 101 Å². The van der Waals surface area contributed by atoms with Crippen LogP contribution in [0.5, 0.6) is 0 Å². The highest BCUT2D eigenvalue weighted by molar-refractivity contribution is 5.45. The van der Waals surface area contributed by atoms with Crippen molar-refractivity contribution >= 4 is 11.8 Å². The highest BCUT2D eigenvalue weighted by Gasteiger charge is 2.24. The summed E-state index contributed by atoms with van der Waals surface area (Å²) >= 11 is 0. The molecule has 0 bridgehead atoms. The Hall–Kier alpha value is -1.39. The zero-order chi connectivity index (χ0) is 12.3. The molecular weight excluding hydrogens is 219 g/mol. The first-order valence-electron chi connectivity index (χ1n) is 6.23. The quantitative estimate of drug-likeness (QED) is 0.878. The van der Waals surface area contributed by atoms with Crippen LogP contribution in [0.3, 0.4) is 0 Å². The van der Waals surface area contributed by atoms with Gasteiger partial charge in [0.15, 0.2) is 11.6 Å². The fourth-order valence-electron chi connectivity index (χ4n) is 2.38. The number of halogens is 1. The topological polar surface area (TPSA) is 41.1 Å². The number of nitrogens with zero attached hydrogens (tertiary/aromatic N) is 3. The van der Waals surface area contributed by atoms with Gasteiger partial charge in [-0.25, -0.2) is 9.37 Å². The Morgan fingerprint density at radius 1 is 1.53 bits per heavy atom. The van der Waals surface area contributed by atoms with Gasteiger partial charge < -0.3 is 10.2 Å². The van der Waals surface area contributed by atoms with Gasteiger partial charge in [-0.3, -0.25) is 0 Å². The highest BCUT2D eigenvalue weighted by atomic mass is 19.1. The molecule has 0 saturated carbocycles. The largest absolute Gasteiger partial charge is 0.357 e. The lowest BCUT2D eigenvalue weighted by Gasteiger charge is -2.36. The number of rotatable bonds is 3. The Morgan fingerprint density at radius 2 is 2.35 bits per heavy atom. The molecule has 94 valence electrons. The maximum absolute atomic E-state index is 13.8. The van der Waals surface area contributed by atoms with E-state index >= 15 is 0 Å². The summed E-state index contributed by atoms with van der Waals surface area (Å²) in [4.78, 5) is 10.2. The highest BCUT2D eigenvalue weighted by Crippen LogP contribution is 2.27. The molecule has 17 heavy (non-hydrogen) atoms. The van der Waals surface area contributed by atoms with E-state index in [1.807, 2.05) is 0 Å². The molecule has 1 N–H and O–H groups in total. The predicted molar refractivity (Wildman–Crippen MR) is 66.8 cm³/mol. The van der Waals surface area contributed by atoms with Crippen LogP contribution in [0.1, 0.15) is 32.6 Å². The van der Waals surface area contributed by atoms with Gasteiger partial charge >= 0.3 is 0 Å². The summed E-state index contributed by atoms with van der Waals surface area (Å²) in [7, 11) is 1.74. The van der Waals surface area contributed by atoms with Crippen LogP contribution in [-0.2, 0) is 0 Å². The van der Waals surface area contributed by atoms with E-state index in [1.165, 1.54) is 12.6 Å². The Bertz CT molecular complexity index is 383. The lowest BCUT2D eigenvalue weighted by Crippen LogP contribution is -2.40. The standard InChI is InChI=1S/C12H19FN4/c1-3-9-6-4-5-7-17(9)11-10(13)8-15-12(14-2)16-11/h8-9H,3-7H2,1-2H3,(H,14,15,16). The molecule has 1 atom stereocenters. The van der Waals surface area contributed by atoms with E-state index in [4.69, 9.17) is 0 Å². The molecule has 0 aromatic carbocycles. The molecule has 1 aliphatic heterocycles. The zero-order valence-corrected chi connectivity index (χ0v) is 10.4. The molecular formula is C12H19FN4. The minimum absolute atomic E-state index is 0.329. The van der Waals surface area contributed by atoms with Gasteiger partial charge in [0.2, 0.25) is 5.95 Å². The molecule has 1 fully saturated rings. The molecule has 1 unspecified atom stereocenters. The molecule has 1 saturated heterocycles. The first kappa shape index (κ1) is 12.1. The monoisotopic (exact) mass is 238 g/mol. The average molecular weight is 238 g/mol. The van der Waals surface area contributed by atoms with Crippen molar-refractivity contribution in [3.8, 4) is 0 Å². The normalized spacial score (nSPS) is 20.4. The minimum atomic E-state index is -0.329. The van der Waals surface area contributed by atoms with Gasteiger partial charge in [0.05, 0.1) is 6.20 Å². The van der Waals surface area contributed by atoms with Crippen molar-refractivity contribution in [1.82, 2.24) is 9.97 Å². The molecule has 2 heterocycles. The third-order valence-corrected chi connectivity index (χ3v) is 3.32. The average Bonchev–Trinajstić information content (AvgIpc) is 2.39. The van der Waals surface area contributed by atoms with Crippen molar-refractivity contribution in [3.63, 3.8) is 0 Å². The number of piperidine rings is 1. The first-order valence-corrected chi connectivity index (χ1v) is 6.23. The van der Waals surface area contributed by atoms with E-state index in [-0.39, 0.29) is 5.82 Å². The van der Waals surface area contributed by atoms with Gasteiger partial charge in [-0.1, -0.05) is 6.92 Å². The maximum Gasteiger partial charge on any atom is 0.224 e. The second-order valence-corrected chi connectivity index (χ2v) is 4.37. The van der Waals surface area contributed by atoms with Crippen LogP contribution in [0.25, 0.3) is 0 Å². The summed E-state index contributed by atoms with van der Waals surface area (Å²) in [5.74, 6) is 0.585. The van der Waals surface area contributed by atoms with E-state index in [0.29, 0.717) is 17.8 Å². The number of anilines is 2. The molecule has 4 nitrogen and oxygen atoms in total. The van der Waals surface area contributed by atoms with Crippen LogP contribution >= 0.6 is 0 Å². The Kier molecular flexibility index (Phi) is 3.76. The van der Waals surface area contributed by atoms with E-state index in [0.717, 1.165) is 25.8 Å². The second-order valence-electron chi connectivity index (χ2n) is 4.37. The van der Waals surface area contributed by atoms with Crippen molar-refractivity contribution in [2.45, 2.75) is 38.6 Å². The number of aromatic nitrogens is 2. The molecule has 1 aromatic heterocycles. The SMILES string of the molecule is CCC1CCCCN1c1nc(NC)ncc1F. The van der Waals surface area contributed by atoms with Crippen LogP contribution < -0.4 is 10.2 Å². The summed E-state index contributed by atoms with van der Waals surface area (Å²) < 4.78 is 13.8. The predicted octanol–water partition coefficient (Wildman–Crippen LogP) is 2.43. The molecule has 1 aromatic rings. The van der Waals surface area contributed by atoms with Crippen molar-refractivity contribution in [1.29, 1.82) is 0 Å². The van der Waals surface area contributed by atoms with E-state index < -0.39 is 0 Å². The summed E-state index contributed by atoms with van der Waals surface area (Å²) in [6.07, 6.45) is 5.72. The minimum Gasteiger partial charge on any atom is -0.357 e. The van der Waals surface area contributed by atoms with Gasteiger partial charge in [0.1, 0.15) is 0 Å². The third-order valence-electron chi connectivity index (χ3n) is 3.32. The molecule has 2 rings (SSSR count). The fraction of sp³-hybridized carbons (Fsp3) is 0.667. The van der Waals surface area contributed by atoms with E-state index in [1.54, 1.807) is 7.05 Å². The smallest absolute Gasteiger partial charge is 0.224 e. The zero-order valence-electron chi connectivity index (χ0n) is 10.4. The molecule has 0 spiro atoms. The van der Waals surface area contributed by atoms with Crippen molar-refractivity contribution in [2.24, 2.45) is 0 Å². The number of nitrogens with one attached hydrogen (secondary N) is 1. The summed E-state index contributed by atoms with van der Waals surface area (Å²) in [5.41, 5.74) is 0. The second kappa shape index (κ2) is 5.29. The van der Waals surface area contributed by atoms with Crippen LogP contribution in [0, 0.1) is 5.82 Å². The lowest BCUT2D eigenvalue weighted by atomic mass is 10.00. The van der Waals surface area contributed by atoms with Crippen LogP contribution in [0.15, 0.2) is 6.20 Å². The number of hydrogen-bond donors (Lipinski definition) is 1. The third kappa shape index (κ3) is 2.48. The van der Waals surface area contributed by atoms with Crippen LogP contribution in [-0.4, -0.2) is 29.6 Å². The lowest BCUT2D eigenvalue weighted by molar-refractivity contribution is 0.438. The molecule has 1 aliphatic rings. The molecule has 0 radical (unpaired) electrons. The Morgan fingerprint density at radius 3 is 3.06 bits per heavy atom. The summed E-state index contributed by atoms with van der Waals surface area (Å²) in [5, 5.41) is 2.85. The maximum atomic E-state index is 13.8. The van der Waals surface area contributed by atoms with Crippen molar-refractivity contribution in [3.05, 3.63) is 12.0 Å². The van der Waals surface area contributed by atoms with Gasteiger partial charge in [-0.2, -0.15) is 4.98 Å².